The molecule has 1 N–H and O–H groups in total. The second-order valence-corrected chi connectivity index (χ2v) is 5.39. The van der Waals surface area contributed by atoms with E-state index in [0.29, 0.717) is 11.7 Å². The van der Waals surface area contributed by atoms with Gasteiger partial charge in [-0.15, -0.1) is 0 Å². The highest BCUT2D eigenvalue weighted by Crippen LogP contribution is 2.28. The summed E-state index contributed by atoms with van der Waals surface area (Å²) < 4.78 is 14.2. The summed E-state index contributed by atoms with van der Waals surface area (Å²) in [7, 11) is 0. The van der Waals surface area contributed by atoms with Crippen LogP contribution in [0.5, 0.6) is 0 Å². The van der Waals surface area contributed by atoms with Gasteiger partial charge in [0.15, 0.2) is 5.17 Å². The fraction of sp³-hybridized carbons (Fsp3) is 0.364. The van der Waals surface area contributed by atoms with Gasteiger partial charge in [0.2, 0.25) is 0 Å². The summed E-state index contributed by atoms with van der Waals surface area (Å²) >= 11 is 4.96. The maximum Gasteiger partial charge on any atom is 0.161 e. The Morgan fingerprint density at radius 1 is 1.62 bits per heavy atom. The fourth-order valence-corrected chi connectivity index (χ4v) is 2.92. The summed E-state index contributed by atoms with van der Waals surface area (Å²) in [6, 6.07) is 5.27. The van der Waals surface area contributed by atoms with Crippen LogP contribution < -0.4 is 5.32 Å². The number of benzene rings is 1. The molecule has 0 radical (unpaired) electrons. The van der Waals surface area contributed by atoms with Crippen molar-refractivity contribution in [2.75, 3.05) is 11.1 Å². The molecule has 1 unspecified atom stereocenters. The van der Waals surface area contributed by atoms with E-state index in [0.717, 1.165) is 21.8 Å². The number of hydrogen-bond donors (Lipinski definition) is 1. The Labute approximate surface area is 107 Å². The first-order valence-electron chi connectivity index (χ1n) is 5.12. The standard InChI is InChI=1S/C11H12BrFN2S/c1-2-7-6-16-11(14-7)15-10-8(12)4-3-5-9(10)13/h3-5,7H,2,6H2,1H3,(H,14,15). The lowest BCUT2D eigenvalue weighted by atomic mass is 10.3. The first kappa shape index (κ1) is 11.9. The number of nitrogens with zero attached hydrogens (tertiary/aromatic N) is 1. The van der Waals surface area contributed by atoms with Crippen molar-refractivity contribution in [2.24, 2.45) is 4.99 Å². The van der Waals surface area contributed by atoms with Gasteiger partial charge < -0.3 is 5.32 Å². The van der Waals surface area contributed by atoms with Crippen LogP contribution in [0.2, 0.25) is 0 Å². The van der Waals surface area contributed by atoms with Crippen molar-refractivity contribution >= 4 is 38.5 Å². The fourth-order valence-electron chi connectivity index (χ4n) is 1.42. The Balaban J connectivity index is 2.16. The topological polar surface area (TPSA) is 24.4 Å². The highest BCUT2D eigenvalue weighted by atomic mass is 79.9. The molecule has 1 aliphatic rings. The lowest BCUT2D eigenvalue weighted by Gasteiger charge is -2.08. The number of para-hydroxylation sites is 1. The molecule has 1 atom stereocenters. The molecule has 86 valence electrons. The van der Waals surface area contributed by atoms with Gasteiger partial charge in [-0.05, 0) is 34.5 Å². The monoisotopic (exact) mass is 302 g/mol. The van der Waals surface area contributed by atoms with Crippen molar-refractivity contribution < 1.29 is 4.39 Å². The zero-order valence-corrected chi connectivity index (χ0v) is 11.2. The SMILES string of the molecule is CCC1CSC(Nc2c(F)cccc2Br)=N1. The third-order valence-electron chi connectivity index (χ3n) is 2.38. The zero-order valence-electron chi connectivity index (χ0n) is 8.84. The summed E-state index contributed by atoms with van der Waals surface area (Å²) in [5, 5.41) is 3.84. The van der Waals surface area contributed by atoms with Crippen molar-refractivity contribution in [1.29, 1.82) is 0 Å². The van der Waals surface area contributed by atoms with E-state index in [1.54, 1.807) is 17.8 Å². The molecule has 0 saturated heterocycles. The molecule has 2 rings (SSSR count). The molecule has 1 aromatic rings. The Hall–Kier alpha value is -0.550. The normalized spacial score (nSPS) is 19.7. The molecule has 1 aliphatic heterocycles. The van der Waals surface area contributed by atoms with Crippen LogP contribution in [0.3, 0.4) is 0 Å². The summed E-state index contributed by atoms with van der Waals surface area (Å²) in [4.78, 5) is 4.47. The van der Waals surface area contributed by atoms with Gasteiger partial charge in [0.1, 0.15) is 5.82 Å². The first-order valence-corrected chi connectivity index (χ1v) is 6.90. The second kappa shape index (κ2) is 5.19. The molecule has 1 aromatic carbocycles. The predicted octanol–water partition coefficient (Wildman–Crippen LogP) is 3.88. The van der Waals surface area contributed by atoms with Crippen LogP contribution in [-0.2, 0) is 0 Å². The highest BCUT2D eigenvalue weighted by molar-refractivity contribution is 9.10. The van der Waals surface area contributed by atoms with E-state index >= 15 is 0 Å². The molecule has 16 heavy (non-hydrogen) atoms. The van der Waals surface area contributed by atoms with Crippen molar-refractivity contribution in [3.05, 3.63) is 28.5 Å². The number of amidine groups is 1. The van der Waals surface area contributed by atoms with Crippen LogP contribution in [0.1, 0.15) is 13.3 Å². The average molecular weight is 303 g/mol. The molecule has 0 saturated carbocycles. The van der Waals surface area contributed by atoms with Crippen molar-refractivity contribution in [2.45, 2.75) is 19.4 Å². The quantitative estimate of drug-likeness (QED) is 0.896. The van der Waals surface area contributed by atoms with E-state index in [1.165, 1.54) is 6.07 Å². The minimum atomic E-state index is -0.266. The number of rotatable bonds is 2. The van der Waals surface area contributed by atoms with E-state index in [2.05, 4.69) is 33.2 Å². The van der Waals surface area contributed by atoms with Gasteiger partial charge in [-0.2, -0.15) is 0 Å². The lowest BCUT2D eigenvalue weighted by molar-refractivity contribution is 0.631. The van der Waals surface area contributed by atoms with Crippen LogP contribution in [0.15, 0.2) is 27.7 Å². The van der Waals surface area contributed by atoms with E-state index in [1.807, 2.05) is 6.07 Å². The Morgan fingerprint density at radius 2 is 2.44 bits per heavy atom. The zero-order chi connectivity index (χ0) is 11.5. The maximum absolute atomic E-state index is 13.5. The van der Waals surface area contributed by atoms with Crippen LogP contribution in [-0.4, -0.2) is 17.0 Å². The molecular formula is C11H12BrFN2S. The maximum atomic E-state index is 13.5. The van der Waals surface area contributed by atoms with Gasteiger partial charge in [0, 0.05) is 10.2 Å². The smallest absolute Gasteiger partial charge is 0.161 e. The van der Waals surface area contributed by atoms with Gasteiger partial charge in [-0.3, -0.25) is 4.99 Å². The van der Waals surface area contributed by atoms with Crippen molar-refractivity contribution in [3.63, 3.8) is 0 Å². The number of aliphatic imine (C=N–C) groups is 1. The molecule has 0 amide bonds. The van der Waals surface area contributed by atoms with E-state index in [9.17, 15) is 4.39 Å². The van der Waals surface area contributed by atoms with E-state index in [4.69, 9.17) is 0 Å². The molecular weight excluding hydrogens is 291 g/mol. The summed E-state index contributed by atoms with van der Waals surface area (Å²) in [6.45, 7) is 2.11. The van der Waals surface area contributed by atoms with Gasteiger partial charge in [0.05, 0.1) is 11.7 Å². The van der Waals surface area contributed by atoms with E-state index in [-0.39, 0.29) is 5.82 Å². The number of nitrogens with one attached hydrogen (secondary N) is 1. The Morgan fingerprint density at radius 3 is 3.06 bits per heavy atom. The van der Waals surface area contributed by atoms with Crippen molar-refractivity contribution in [3.8, 4) is 0 Å². The molecule has 0 aromatic heterocycles. The second-order valence-electron chi connectivity index (χ2n) is 3.53. The molecule has 0 spiro atoms. The van der Waals surface area contributed by atoms with Crippen LogP contribution >= 0.6 is 27.7 Å². The summed E-state index contributed by atoms with van der Waals surface area (Å²) in [6.07, 6.45) is 1.02. The molecule has 0 aliphatic carbocycles. The number of halogens is 2. The predicted molar refractivity (Wildman–Crippen MR) is 71.7 cm³/mol. The number of thioether (sulfide) groups is 1. The first-order chi connectivity index (χ1) is 7.70. The Bertz CT molecular complexity index is 402. The minimum Gasteiger partial charge on any atom is -0.332 e. The van der Waals surface area contributed by atoms with Gasteiger partial charge in [-0.1, -0.05) is 24.8 Å². The minimum absolute atomic E-state index is 0.266. The molecule has 1 heterocycles. The lowest BCUT2D eigenvalue weighted by Crippen LogP contribution is -2.07. The largest absolute Gasteiger partial charge is 0.332 e. The third kappa shape index (κ3) is 2.58. The van der Waals surface area contributed by atoms with E-state index < -0.39 is 0 Å². The molecule has 5 heteroatoms. The van der Waals surface area contributed by atoms with Gasteiger partial charge >= 0.3 is 0 Å². The van der Waals surface area contributed by atoms with Crippen LogP contribution in [0.25, 0.3) is 0 Å². The third-order valence-corrected chi connectivity index (χ3v) is 4.07. The summed E-state index contributed by atoms with van der Waals surface area (Å²) in [5.41, 5.74) is 0.463. The number of hydrogen-bond acceptors (Lipinski definition) is 3. The van der Waals surface area contributed by atoms with Crippen LogP contribution in [0, 0.1) is 5.82 Å². The molecule has 2 nitrogen and oxygen atoms in total. The van der Waals surface area contributed by atoms with Crippen LogP contribution in [0.4, 0.5) is 10.1 Å². The molecule has 0 bridgehead atoms. The molecule has 0 fully saturated rings. The van der Waals surface area contributed by atoms with Gasteiger partial charge in [-0.25, -0.2) is 4.39 Å². The Kier molecular flexibility index (Phi) is 3.86. The average Bonchev–Trinajstić information content (AvgIpc) is 2.71. The van der Waals surface area contributed by atoms with Gasteiger partial charge in [0.25, 0.3) is 0 Å². The van der Waals surface area contributed by atoms with Crippen molar-refractivity contribution in [1.82, 2.24) is 0 Å². The number of anilines is 1. The summed E-state index contributed by atoms with van der Waals surface area (Å²) in [5.74, 6) is 0.711. The highest BCUT2D eigenvalue weighted by Gasteiger charge is 2.18.